The van der Waals surface area contributed by atoms with E-state index in [0.29, 0.717) is 12.0 Å². The van der Waals surface area contributed by atoms with Crippen LogP contribution in [0.25, 0.3) is 0 Å². The minimum atomic E-state index is -0.373. The van der Waals surface area contributed by atoms with Crippen molar-refractivity contribution in [3.05, 3.63) is 35.4 Å². The molecule has 0 aliphatic carbocycles. The Morgan fingerprint density at radius 3 is 2.28 bits per heavy atom. The molecule has 0 saturated carbocycles. The maximum atomic E-state index is 11.7. The van der Waals surface area contributed by atoms with Crippen LogP contribution in [-0.4, -0.2) is 23.8 Å². The molecule has 1 aromatic rings. The number of aromatic hydroxyl groups is 1. The van der Waals surface area contributed by atoms with Crippen molar-refractivity contribution in [3.8, 4) is 11.5 Å². The molecular formula is C14H16O4. The van der Waals surface area contributed by atoms with Crippen LogP contribution in [0.4, 0.5) is 0 Å². The lowest BCUT2D eigenvalue weighted by Crippen LogP contribution is -2.09. The van der Waals surface area contributed by atoms with E-state index >= 15 is 0 Å². The van der Waals surface area contributed by atoms with Gasteiger partial charge in [-0.15, -0.1) is 6.58 Å². The fourth-order valence-corrected chi connectivity index (χ4v) is 1.92. The molecular weight excluding hydrogens is 232 g/mol. The summed E-state index contributed by atoms with van der Waals surface area (Å²) in [5.41, 5.74) is 0.872. The molecule has 4 heteroatoms. The molecule has 0 unspecified atom stereocenters. The first-order valence-electron chi connectivity index (χ1n) is 5.49. The Bertz CT molecular complexity index is 515. The third kappa shape index (κ3) is 2.42. The van der Waals surface area contributed by atoms with Crippen molar-refractivity contribution in [1.29, 1.82) is 0 Å². The first-order valence-corrected chi connectivity index (χ1v) is 5.49. The van der Waals surface area contributed by atoms with Crippen molar-refractivity contribution in [2.45, 2.75) is 20.3 Å². The minimum absolute atomic E-state index is 0.0127. The highest BCUT2D eigenvalue weighted by atomic mass is 16.5. The average molecular weight is 248 g/mol. The molecule has 0 heterocycles. The van der Waals surface area contributed by atoms with Crippen LogP contribution in [-0.2, 0) is 6.42 Å². The first-order chi connectivity index (χ1) is 8.43. The van der Waals surface area contributed by atoms with Gasteiger partial charge in [0.15, 0.2) is 23.1 Å². The van der Waals surface area contributed by atoms with Crippen LogP contribution < -0.4 is 4.74 Å². The predicted molar refractivity (Wildman–Crippen MR) is 68.6 cm³/mol. The van der Waals surface area contributed by atoms with Gasteiger partial charge in [-0.2, -0.15) is 0 Å². The third-order valence-electron chi connectivity index (χ3n) is 2.63. The Kier molecular flexibility index (Phi) is 4.26. The number of ether oxygens (including phenoxy) is 1. The van der Waals surface area contributed by atoms with Crippen molar-refractivity contribution >= 4 is 11.6 Å². The lowest BCUT2D eigenvalue weighted by atomic mass is 9.92. The van der Waals surface area contributed by atoms with Gasteiger partial charge in [0.05, 0.1) is 12.7 Å². The van der Waals surface area contributed by atoms with Gasteiger partial charge in [0.1, 0.15) is 0 Å². The monoisotopic (exact) mass is 248 g/mol. The van der Waals surface area contributed by atoms with Crippen molar-refractivity contribution in [2.24, 2.45) is 0 Å². The van der Waals surface area contributed by atoms with Gasteiger partial charge < -0.3 is 9.84 Å². The van der Waals surface area contributed by atoms with Crippen LogP contribution in [0.5, 0.6) is 11.5 Å². The SMILES string of the molecule is C=CCc1cc(OC)c(O)c(C(C)=O)c1C(C)=O. The number of hydrogen-bond acceptors (Lipinski definition) is 4. The summed E-state index contributed by atoms with van der Waals surface area (Å²) in [5.74, 6) is -0.748. The van der Waals surface area contributed by atoms with Gasteiger partial charge >= 0.3 is 0 Å². The van der Waals surface area contributed by atoms with Crippen molar-refractivity contribution < 1.29 is 19.4 Å². The lowest BCUT2D eigenvalue weighted by molar-refractivity contribution is 0.0977. The zero-order valence-corrected chi connectivity index (χ0v) is 10.7. The molecule has 0 atom stereocenters. The van der Waals surface area contributed by atoms with E-state index < -0.39 is 0 Å². The Balaban J connectivity index is 3.71. The first kappa shape index (κ1) is 14.0. The summed E-state index contributed by atoms with van der Waals surface area (Å²) < 4.78 is 5.01. The van der Waals surface area contributed by atoms with Crippen LogP contribution in [0, 0.1) is 0 Å². The van der Waals surface area contributed by atoms with E-state index in [0.717, 1.165) is 0 Å². The molecule has 0 radical (unpaired) electrons. The zero-order chi connectivity index (χ0) is 13.9. The molecule has 18 heavy (non-hydrogen) atoms. The van der Waals surface area contributed by atoms with E-state index in [1.165, 1.54) is 21.0 Å². The normalized spacial score (nSPS) is 9.94. The molecule has 0 aromatic heterocycles. The van der Waals surface area contributed by atoms with Gasteiger partial charge in [-0.1, -0.05) is 6.08 Å². The summed E-state index contributed by atoms with van der Waals surface area (Å²) in [4.78, 5) is 23.3. The number of phenols is 1. The Morgan fingerprint density at radius 1 is 1.33 bits per heavy atom. The van der Waals surface area contributed by atoms with Crippen molar-refractivity contribution in [1.82, 2.24) is 0 Å². The molecule has 1 N–H and O–H groups in total. The molecule has 0 fully saturated rings. The second-order valence-electron chi connectivity index (χ2n) is 3.94. The standard InChI is InChI=1S/C14H16O4/c1-5-6-10-7-11(18-4)14(17)13(9(3)16)12(10)8(2)15/h5,7,17H,1,6H2,2-4H3. The zero-order valence-electron chi connectivity index (χ0n) is 10.7. The topological polar surface area (TPSA) is 63.6 Å². The van der Waals surface area contributed by atoms with Gasteiger partial charge in [-0.25, -0.2) is 0 Å². The number of benzene rings is 1. The van der Waals surface area contributed by atoms with Crippen molar-refractivity contribution in [3.63, 3.8) is 0 Å². The van der Waals surface area contributed by atoms with Crippen molar-refractivity contribution in [2.75, 3.05) is 7.11 Å². The minimum Gasteiger partial charge on any atom is -0.504 e. The number of rotatable bonds is 5. The Morgan fingerprint density at radius 2 is 1.89 bits per heavy atom. The number of carbonyl (C=O) groups is 2. The highest BCUT2D eigenvalue weighted by Gasteiger charge is 2.23. The number of Topliss-reactive ketones (excluding diaryl/α,β-unsaturated/α-hetero) is 2. The molecule has 0 aliphatic heterocycles. The van der Waals surface area contributed by atoms with Gasteiger partial charge in [0.25, 0.3) is 0 Å². The fraction of sp³-hybridized carbons (Fsp3) is 0.286. The number of hydrogen-bond donors (Lipinski definition) is 1. The summed E-state index contributed by atoms with van der Waals surface area (Å²) in [6.45, 7) is 6.27. The summed E-state index contributed by atoms with van der Waals surface area (Å²) in [7, 11) is 1.39. The smallest absolute Gasteiger partial charge is 0.169 e. The van der Waals surface area contributed by atoms with E-state index in [1.54, 1.807) is 12.1 Å². The average Bonchev–Trinajstić information content (AvgIpc) is 2.29. The predicted octanol–water partition coefficient (Wildman–Crippen LogP) is 2.53. The molecule has 1 aromatic carbocycles. The second kappa shape index (κ2) is 5.49. The summed E-state index contributed by atoms with van der Waals surface area (Å²) in [5, 5.41) is 9.96. The van der Waals surface area contributed by atoms with Gasteiger partial charge in [0.2, 0.25) is 0 Å². The van der Waals surface area contributed by atoms with E-state index in [1.807, 2.05) is 0 Å². The Labute approximate surface area is 106 Å². The van der Waals surface area contributed by atoms with Gasteiger partial charge in [0, 0.05) is 5.56 Å². The highest BCUT2D eigenvalue weighted by molar-refractivity contribution is 6.10. The van der Waals surface area contributed by atoms with Crippen LogP contribution in [0.15, 0.2) is 18.7 Å². The van der Waals surface area contributed by atoms with Crippen LogP contribution in [0.3, 0.4) is 0 Å². The molecule has 0 amide bonds. The van der Waals surface area contributed by atoms with Crippen LogP contribution in [0.1, 0.15) is 40.1 Å². The van der Waals surface area contributed by atoms with E-state index in [9.17, 15) is 14.7 Å². The maximum Gasteiger partial charge on any atom is 0.169 e. The lowest BCUT2D eigenvalue weighted by Gasteiger charge is -2.14. The molecule has 0 bridgehead atoms. The summed E-state index contributed by atoms with van der Waals surface area (Å²) in [6.07, 6.45) is 2.05. The third-order valence-corrected chi connectivity index (χ3v) is 2.63. The molecule has 0 aliphatic rings. The summed E-state index contributed by atoms with van der Waals surface area (Å²) in [6, 6.07) is 1.56. The second-order valence-corrected chi connectivity index (χ2v) is 3.94. The number of phenolic OH excluding ortho intramolecular Hbond substituents is 1. The maximum absolute atomic E-state index is 11.7. The van der Waals surface area contributed by atoms with E-state index in [2.05, 4.69) is 6.58 Å². The molecule has 1 rings (SSSR count). The number of allylic oxidation sites excluding steroid dienone is 1. The number of carbonyl (C=O) groups excluding carboxylic acids is 2. The van der Waals surface area contributed by atoms with E-state index in [4.69, 9.17) is 4.74 Å². The molecule has 0 spiro atoms. The summed E-state index contributed by atoms with van der Waals surface area (Å²) >= 11 is 0. The molecule has 4 nitrogen and oxygen atoms in total. The molecule has 0 saturated heterocycles. The Hall–Kier alpha value is -2.10. The van der Waals surface area contributed by atoms with Crippen LogP contribution >= 0.6 is 0 Å². The van der Waals surface area contributed by atoms with Gasteiger partial charge in [-0.3, -0.25) is 9.59 Å². The van der Waals surface area contributed by atoms with Crippen LogP contribution in [0.2, 0.25) is 0 Å². The van der Waals surface area contributed by atoms with E-state index in [-0.39, 0.29) is 34.2 Å². The quantitative estimate of drug-likeness (QED) is 0.642. The molecule has 96 valence electrons. The number of ketones is 2. The fourth-order valence-electron chi connectivity index (χ4n) is 1.92. The highest BCUT2D eigenvalue weighted by Crippen LogP contribution is 2.36. The largest absolute Gasteiger partial charge is 0.504 e. The number of methoxy groups -OCH3 is 1. The van der Waals surface area contributed by atoms with Gasteiger partial charge in [-0.05, 0) is 31.9 Å².